The number of rotatable bonds is 14. The molecule has 1 aromatic carbocycles. The van der Waals surface area contributed by atoms with Gasteiger partial charge in [-0.3, -0.25) is 0 Å². The lowest BCUT2D eigenvalue weighted by atomic mass is 10.2. The molecule has 3 heteroatoms. The molecule has 0 saturated carbocycles. The zero-order valence-electron chi connectivity index (χ0n) is 14.9. The molecule has 0 fully saturated rings. The fraction of sp³-hybridized carbons (Fsp3) is 0.700. The van der Waals surface area contributed by atoms with E-state index in [9.17, 15) is 0 Å². The third kappa shape index (κ3) is 9.10. The Morgan fingerprint density at radius 1 is 0.696 bits per heavy atom. The van der Waals surface area contributed by atoms with E-state index in [0.29, 0.717) is 5.02 Å². The number of unbranched alkanes of at least 4 members (excludes halogenated alkanes) is 8. The van der Waals surface area contributed by atoms with Crippen LogP contribution in [-0.4, -0.2) is 13.2 Å². The highest BCUT2D eigenvalue weighted by atomic mass is 35.5. The molecule has 0 heterocycles. The smallest absolute Gasteiger partial charge is 0.141 e. The summed E-state index contributed by atoms with van der Waals surface area (Å²) in [5.41, 5.74) is 0. The van der Waals surface area contributed by atoms with Crippen LogP contribution in [0, 0.1) is 0 Å². The van der Waals surface area contributed by atoms with Gasteiger partial charge in [0.15, 0.2) is 0 Å². The van der Waals surface area contributed by atoms with Gasteiger partial charge in [-0.1, -0.05) is 82.9 Å². The maximum Gasteiger partial charge on any atom is 0.141 e. The van der Waals surface area contributed by atoms with Gasteiger partial charge in [0.2, 0.25) is 0 Å². The van der Waals surface area contributed by atoms with E-state index in [1.165, 1.54) is 51.4 Å². The lowest BCUT2D eigenvalue weighted by Gasteiger charge is -2.12. The van der Waals surface area contributed by atoms with Crippen molar-refractivity contribution in [2.75, 3.05) is 13.2 Å². The molecule has 0 aliphatic rings. The van der Waals surface area contributed by atoms with Crippen LogP contribution < -0.4 is 9.47 Å². The fourth-order valence-electron chi connectivity index (χ4n) is 2.49. The van der Waals surface area contributed by atoms with Crippen LogP contribution in [0.5, 0.6) is 11.5 Å². The van der Waals surface area contributed by atoms with Crippen LogP contribution in [0.25, 0.3) is 0 Å². The molecule has 0 aromatic heterocycles. The van der Waals surface area contributed by atoms with E-state index in [2.05, 4.69) is 13.8 Å². The molecule has 0 radical (unpaired) electrons. The Morgan fingerprint density at radius 3 is 1.57 bits per heavy atom. The van der Waals surface area contributed by atoms with Crippen molar-refractivity contribution in [2.24, 2.45) is 0 Å². The van der Waals surface area contributed by atoms with Crippen LogP contribution >= 0.6 is 11.6 Å². The average Bonchev–Trinajstić information content (AvgIpc) is 2.56. The molecule has 0 atom stereocenters. The minimum Gasteiger partial charge on any atom is -0.492 e. The first-order valence-electron chi connectivity index (χ1n) is 9.33. The van der Waals surface area contributed by atoms with Crippen molar-refractivity contribution in [2.45, 2.75) is 78.1 Å². The first kappa shape index (κ1) is 20.2. The number of benzene rings is 1. The second-order valence-corrected chi connectivity index (χ2v) is 6.47. The van der Waals surface area contributed by atoms with Crippen molar-refractivity contribution in [3.63, 3.8) is 0 Å². The van der Waals surface area contributed by atoms with Crippen molar-refractivity contribution in [1.82, 2.24) is 0 Å². The highest BCUT2D eigenvalue weighted by Gasteiger charge is 2.08. The van der Waals surface area contributed by atoms with Crippen LogP contribution in [0.4, 0.5) is 0 Å². The molecular formula is C20H33ClO2. The van der Waals surface area contributed by atoms with Gasteiger partial charge in [0, 0.05) is 0 Å². The predicted octanol–water partition coefficient (Wildman–Crippen LogP) is 7.04. The van der Waals surface area contributed by atoms with E-state index in [-0.39, 0.29) is 0 Å². The van der Waals surface area contributed by atoms with Gasteiger partial charge >= 0.3 is 0 Å². The highest BCUT2D eigenvalue weighted by molar-refractivity contribution is 6.33. The van der Waals surface area contributed by atoms with E-state index >= 15 is 0 Å². The molecule has 0 N–H and O–H groups in total. The Labute approximate surface area is 147 Å². The van der Waals surface area contributed by atoms with Gasteiger partial charge in [0.25, 0.3) is 0 Å². The minimum absolute atomic E-state index is 0.606. The van der Waals surface area contributed by atoms with Gasteiger partial charge in [-0.2, -0.15) is 0 Å². The maximum atomic E-state index is 6.38. The molecule has 1 aromatic rings. The summed E-state index contributed by atoms with van der Waals surface area (Å²) >= 11 is 6.38. The standard InChI is InChI=1S/C20H33ClO2/c1-3-5-7-9-11-16-22-18-14-13-15-19(20(18)21)23-17-12-10-8-6-4-2/h13-15H,3-12,16-17H2,1-2H3. The minimum atomic E-state index is 0.606. The summed E-state index contributed by atoms with van der Waals surface area (Å²) in [7, 11) is 0. The van der Waals surface area contributed by atoms with Gasteiger partial charge in [0.1, 0.15) is 16.5 Å². The van der Waals surface area contributed by atoms with Crippen LogP contribution in [0.15, 0.2) is 18.2 Å². The zero-order chi connectivity index (χ0) is 16.8. The monoisotopic (exact) mass is 340 g/mol. The summed E-state index contributed by atoms with van der Waals surface area (Å²) in [6.07, 6.45) is 12.3. The Balaban J connectivity index is 2.27. The summed E-state index contributed by atoms with van der Waals surface area (Å²) in [5, 5.41) is 0.606. The fourth-order valence-corrected chi connectivity index (χ4v) is 2.72. The van der Waals surface area contributed by atoms with Gasteiger partial charge < -0.3 is 9.47 Å². The van der Waals surface area contributed by atoms with E-state index in [4.69, 9.17) is 21.1 Å². The number of halogens is 1. The summed E-state index contributed by atoms with van der Waals surface area (Å²) in [6.45, 7) is 5.91. The molecule has 0 bridgehead atoms. The predicted molar refractivity (Wildman–Crippen MR) is 100.0 cm³/mol. The lowest BCUT2D eigenvalue weighted by Crippen LogP contribution is -2.01. The largest absolute Gasteiger partial charge is 0.492 e. The van der Waals surface area contributed by atoms with Crippen LogP contribution in [-0.2, 0) is 0 Å². The van der Waals surface area contributed by atoms with Gasteiger partial charge in [0.05, 0.1) is 13.2 Å². The molecule has 0 amide bonds. The molecule has 0 unspecified atom stereocenters. The maximum absolute atomic E-state index is 6.38. The molecule has 1 rings (SSSR count). The first-order chi connectivity index (χ1) is 11.3. The summed E-state index contributed by atoms with van der Waals surface area (Å²) in [4.78, 5) is 0. The summed E-state index contributed by atoms with van der Waals surface area (Å²) in [6, 6.07) is 5.79. The number of hydrogen-bond acceptors (Lipinski definition) is 2. The van der Waals surface area contributed by atoms with E-state index in [1.807, 2.05) is 18.2 Å². The first-order valence-corrected chi connectivity index (χ1v) is 9.71. The van der Waals surface area contributed by atoms with Crippen molar-refractivity contribution < 1.29 is 9.47 Å². The van der Waals surface area contributed by atoms with Crippen LogP contribution in [0.3, 0.4) is 0 Å². The molecule has 0 aliphatic carbocycles. The molecular weight excluding hydrogens is 308 g/mol. The van der Waals surface area contributed by atoms with E-state index < -0.39 is 0 Å². The molecule has 0 spiro atoms. The van der Waals surface area contributed by atoms with Crippen LogP contribution in [0.1, 0.15) is 78.1 Å². The highest BCUT2D eigenvalue weighted by Crippen LogP contribution is 2.34. The third-order valence-corrected chi connectivity index (χ3v) is 4.31. The van der Waals surface area contributed by atoms with E-state index in [1.54, 1.807) is 0 Å². The average molecular weight is 341 g/mol. The van der Waals surface area contributed by atoms with Crippen molar-refractivity contribution >= 4 is 11.6 Å². The summed E-state index contributed by atoms with van der Waals surface area (Å²) in [5.74, 6) is 1.48. The topological polar surface area (TPSA) is 18.5 Å². The number of ether oxygens (including phenoxy) is 2. The van der Waals surface area contributed by atoms with Crippen molar-refractivity contribution in [1.29, 1.82) is 0 Å². The van der Waals surface area contributed by atoms with Gasteiger partial charge in [-0.25, -0.2) is 0 Å². The second kappa shape index (κ2) is 13.5. The van der Waals surface area contributed by atoms with Crippen molar-refractivity contribution in [3.8, 4) is 11.5 Å². The lowest BCUT2D eigenvalue weighted by molar-refractivity contribution is 0.290. The quantitative estimate of drug-likeness (QED) is 0.338. The third-order valence-electron chi connectivity index (χ3n) is 3.94. The number of hydrogen-bond donors (Lipinski definition) is 0. The van der Waals surface area contributed by atoms with Crippen LogP contribution in [0.2, 0.25) is 5.02 Å². The Bertz CT molecular complexity index is 372. The molecule has 132 valence electrons. The van der Waals surface area contributed by atoms with Crippen molar-refractivity contribution in [3.05, 3.63) is 23.2 Å². The second-order valence-electron chi connectivity index (χ2n) is 6.09. The Morgan fingerprint density at radius 2 is 1.13 bits per heavy atom. The van der Waals surface area contributed by atoms with E-state index in [0.717, 1.165) is 37.6 Å². The van der Waals surface area contributed by atoms with Gasteiger partial charge in [-0.05, 0) is 25.0 Å². The molecule has 2 nitrogen and oxygen atoms in total. The van der Waals surface area contributed by atoms with Gasteiger partial charge in [-0.15, -0.1) is 0 Å². The Hall–Kier alpha value is -0.890. The molecule has 0 saturated heterocycles. The normalized spacial score (nSPS) is 10.7. The SMILES string of the molecule is CCCCCCCOc1cccc(OCCCCCCC)c1Cl. The zero-order valence-corrected chi connectivity index (χ0v) is 15.7. The molecule has 0 aliphatic heterocycles. The molecule has 23 heavy (non-hydrogen) atoms. The Kier molecular flexibility index (Phi) is 11.9. The summed E-state index contributed by atoms with van der Waals surface area (Å²) < 4.78 is 11.6.